The first-order valence-corrected chi connectivity index (χ1v) is 11.5. The smallest absolute Gasteiger partial charge is 0.229 e. The lowest BCUT2D eigenvalue weighted by Gasteiger charge is -2.22. The molecular formula is C25H25N5O3. The monoisotopic (exact) mass is 443 g/mol. The number of hydrogen-bond acceptors (Lipinski definition) is 7. The van der Waals surface area contributed by atoms with Gasteiger partial charge in [0, 0.05) is 49.3 Å². The summed E-state index contributed by atoms with van der Waals surface area (Å²) in [7, 11) is 1.82. The van der Waals surface area contributed by atoms with Crippen molar-refractivity contribution in [2.75, 3.05) is 30.9 Å². The van der Waals surface area contributed by atoms with Crippen molar-refractivity contribution >= 4 is 39.4 Å². The van der Waals surface area contributed by atoms with E-state index >= 15 is 0 Å². The number of hydrogen-bond donors (Lipinski definition) is 2. The fraction of sp³-hybridized carbons (Fsp3) is 0.360. The van der Waals surface area contributed by atoms with Gasteiger partial charge in [0.25, 0.3) is 0 Å². The third-order valence-corrected chi connectivity index (χ3v) is 6.54. The molecule has 3 aromatic heterocycles. The predicted octanol–water partition coefficient (Wildman–Crippen LogP) is 4.72. The molecule has 1 aromatic carbocycles. The van der Waals surface area contributed by atoms with Crippen molar-refractivity contribution in [1.29, 1.82) is 0 Å². The molecule has 6 rings (SSSR count). The van der Waals surface area contributed by atoms with Gasteiger partial charge < -0.3 is 19.8 Å². The molecule has 8 heteroatoms. The molecule has 4 aromatic rings. The lowest BCUT2D eigenvalue weighted by atomic mass is 9.91. The maximum Gasteiger partial charge on any atom is 0.229 e. The van der Waals surface area contributed by atoms with Gasteiger partial charge in [-0.15, -0.1) is 0 Å². The Balaban J connectivity index is 1.41. The second-order valence-corrected chi connectivity index (χ2v) is 8.78. The van der Waals surface area contributed by atoms with Gasteiger partial charge in [-0.25, -0.2) is 15.0 Å². The molecule has 0 atom stereocenters. The Morgan fingerprint density at radius 2 is 1.88 bits per heavy atom. The quantitative estimate of drug-likeness (QED) is 0.460. The summed E-state index contributed by atoms with van der Waals surface area (Å²) < 4.78 is 11.6. The molecule has 1 aliphatic carbocycles. The first-order chi connectivity index (χ1) is 16.2. The third-order valence-electron chi connectivity index (χ3n) is 6.54. The molecule has 0 spiro atoms. The van der Waals surface area contributed by atoms with Crippen molar-refractivity contribution in [2.24, 2.45) is 5.92 Å². The first kappa shape index (κ1) is 20.1. The van der Waals surface area contributed by atoms with Gasteiger partial charge in [-0.2, -0.15) is 0 Å². The predicted molar refractivity (Wildman–Crippen MR) is 126 cm³/mol. The highest BCUT2D eigenvalue weighted by Crippen LogP contribution is 2.36. The van der Waals surface area contributed by atoms with E-state index in [0.717, 1.165) is 66.3 Å². The zero-order chi connectivity index (χ0) is 22.4. The highest BCUT2D eigenvalue weighted by molar-refractivity contribution is 6.03. The van der Waals surface area contributed by atoms with E-state index in [9.17, 15) is 4.79 Å². The topological polar surface area (TPSA) is 102 Å². The Morgan fingerprint density at radius 3 is 2.67 bits per heavy atom. The van der Waals surface area contributed by atoms with Crippen molar-refractivity contribution < 1.29 is 13.9 Å². The van der Waals surface area contributed by atoms with Gasteiger partial charge in [0.15, 0.2) is 5.58 Å². The van der Waals surface area contributed by atoms with Gasteiger partial charge in [0.1, 0.15) is 17.2 Å². The van der Waals surface area contributed by atoms with Gasteiger partial charge in [-0.05, 0) is 55.4 Å². The number of fused-ring (bicyclic) bond motifs is 2. The van der Waals surface area contributed by atoms with Crippen LogP contribution in [-0.2, 0) is 9.53 Å². The minimum atomic E-state index is 0.0220. The molecule has 2 aliphatic rings. The summed E-state index contributed by atoms with van der Waals surface area (Å²) in [4.78, 5) is 26.0. The number of anilines is 2. The van der Waals surface area contributed by atoms with Gasteiger partial charge in [-0.3, -0.25) is 4.79 Å². The number of carbonyl (C=O) groups excluding carboxylic acids is 1. The van der Waals surface area contributed by atoms with E-state index in [1.165, 1.54) is 5.56 Å². The van der Waals surface area contributed by atoms with Crippen LogP contribution >= 0.6 is 0 Å². The number of carbonyl (C=O) groups is 1. The number of rotatable bonds is 5. The number of nitrogens with one attached hydrogen (secondary N) is 2. The van der Waals surface area contributed by atoms with E-state index in [1.807, 2.05) is 19.2 Å². The molecule has 1 amide bonds. The molecular weight excluding hydrogens is 418 g/mol. The summed E-state index contributed by atoms with van der Waals surface area (Å²) in [5, 5.41) is 7.74. The SMILES string of the molecule is CNc1ncc(-c2nc3cc(C4CCOCC4)ccc3o2)c2cc(NC(=O)C3CC3)ncc12. The van der Waals surface area contributed by atoms with Gasteiger partial charge in [0.2, 0.25) is 11.8 Å². The fourth-order valence-electron chi connectivity index (χ4n) is 4.49. The molecule has 168 valence electrons. The van der Waals surface area contributed by atoms with Crippen LogP contribution in [0.15, 0.2) is 41.1 Å². The van der Waals surface area contributed by atoms with E-state index in [4.69, 9.17) is 14.1 Å². The van der Waals surface area contributed by atoms with Gasteiger partial charge in [-0.1, -0.05) is 6.07 Å². The standard InChI is InChI=1S/C25H25N5O3/c1-26-23-18-12-27-22(30-24(31)15-2-3-15)11-17(18)19(13-28-23)25-29-20-10-16(4-5-21(20)33-25)14-6-8-32-9-7-14/h4-5,10-15H,2-3,6-9H2,1H3,(H,26,28)(H,27,30,31). The maximum absolute atomic E-state index is 12.3. The molecule has 4 heterocycles. The van der Waals surface area contributed by atoms with E-state index in [1.54, 1.807) is 12.4 Å². The molecule has 0 bridgehead atoms. The average Bonchev–Trinajstić information content (AvgIpc) is 3.62. The molecule has 1 aliphatic heterocycles. The summed E-state index contributed by atoms with van der Waals surface area (Å²) in [5.74, 6) is 2.35. The summed E-state index contributed by atoms with van der Waals surface area (Å²) in [6, 6.07) is 8.12. The Morgan fingerprint density at radius 1 is 1.03 bits per heavy atom. The Kier molecular flexibility index (Phi) is 4.95. The van der Waals surface area contributed by atoms with Crippen LogP contribution in [0.25, 0.3) is 33.3 Å². The molecule has 0 radical (unpaired) electrons. The third kappa shape index (κ3) is 3.80. The Hall–Kier alpha value is -3.52. The summed E-state index contributed by atoms with van der Waals surface area (Å²) in [5.41, 5.74) is 3.60. The minimum absolute atomic E-state index is 0.0220. The lowest BCUT2D eigenvalue weighted by molar-refractivity contribution is -0.117. The number of oxazole rings is 1. The molecule has 1 saturated carbocycles. The molecule has 1 saturated heterocycles. The van der Waals surface area contributed by atoms with Crippen molar-refractivity contribution in [3.05, 3.63) is 42.2 Å². The van der Waals surface area contributed by atoms with Crippen LogP contribution in [0.3, 0.4) is 0 Å². The minimum Gasteiger partial charge on any atom is -0.436 e. The van der Waals surface area contributed by atoms with Crippen LogP contribution < -0.4 is 10.6 Å². The molecule has 0 unspecified atom stereocenters. The Bertz CT molecular complexity index is 1360. The Labute approximate surface area is 190 Å². The molecule has 33 heavy (non-hydrogen) atoms. The van der Waals surface area contributed by atoms with Crippen LogP contribution in [-0.4, -0.2) is 41.1 Å². The van der Waals surface area contributed by atoms with Crippen molar-refractivity contribution in [3.8, 4) is 11.5 Å². The van der Waals surface area contributed by atoms with E-state index in [2.05, 4.69) is 32.7 Å². The first-order valence-electron chi connectivity index (χ1n) is 11.5. The summed E-state index contributed by atoms with van der Waals surface area (Å²) in [6.45, 7) is 1.60. The van der Waals surface area contributed by atoms with Crippen molar-refractivity contribution in [2.45, 2.75) is 31.6 Å². The highest BCUT2D eigenvalue weighted by atomic mass is 16.5. The number of ether oxygens (including phenoxy) is 1. The van der Waals surface area contributed by atoms with Crippen molar-refractivity contribution in [3.63, 3.8) is 0 Å². The average molecular weight is 444 g/mol. The van der Waals surface area contributed by atoms with Crippen LogP contribution in [0.2, 0.25) is 0 Å². The molecule has 2 fully saturated rings. The normalized spacial score (nSPS) is 16.9. The van der Waals surface area contributed by atoms with Gasteiger partial charge in [0.05, 0.1) is 5.56 Å². The molecule has 8 nitrogen and oxygen atoms in total. The fourth-order valence-corrected chi connectivity index (χ4v) is 4.49. The van der Waals surface area contributed by atoms with Crippen LogP contribution in [0.4, 0.5) is 11.6 Å². The zero-order valence-corrected chi connectivity index (χ0v) is 18.4. The summed E-state index contributed by atoms with van der Waals surface area (Å²) >= 11 is 0. The largest absolute Gasteiger partial charge is 0.436 e. The number of pyridine rings is 2. The second kappa shape index (κ2) is 8.12. The van der Waals surface area contributed by atoms with Crippen molar-refractivity contribution in [1.82, 2.24) is 15.0 Å². The number of nitrogens with zero attached hydrogens (tertiary/aromatic N) is 3. The van der Waals surface area contributed by atoms with Crippen LogP contribution in [0, 0.1) is 5.92 Å². The number of amides is 1. The van der Waals surface area contributed by atoms with Crippen LogP contribution in [0.1, 0.15) is 37.2 Å². The van der Waals surface area contributed by atoms with E-state index in [-0.39, 0.29) is 11.8 Å². The summed E-state index contributed by atoms with van der Waals surface area (Å²) in [6.07, 6.45) is 7.42. The van der Waals surface area contributed by atoms with E-state index in [0.29, 0.717) is 23.4 Å². The second-order valence-electron chi connectivity index (χ2n) is 8.78. The number of benzene rings is 1. The number of aromatic nitrogens is 3. The zero-order valence-electron chi connectivity index (χ0n) is 18.4. The maximum atomic E-state index is 12.3. The van der Waals surface area contributed by atoms with Gasteiger partial charge >= 0.3 is 0 Å². The highest BCUT2D eigenvalue weighted by Gasteiger charge is 2.30. The lowest BCUT2D eigenvalue weighted by Crippen LogP contribution is -2.14. The van der Waals surface area contributed by atoms with E-state index < -0.39 is 0 Å². The van der Waals surface area contributed by atoms with Crippen LogP contribution in [0.5, 0.6) is 0 Å². The molecule has 2 N–H and O–H groups in total.